The molecular weight excluding hydrogens is 416 g/mol. The third kappa shape index (κ3) is 4.65. The van der Waals surface area contributed by atoms with Crippen molar-refractivity contribution >= 4 is 16.8 Å². The van der Waals surface area contributed by atoms with Gasteiger partial charge in [-0.15, -0.1) is 0 Å². The van der Waals surface area contributed by atoms with E-state index in [-0.39, 0.29) is 18.6 Å². The highest BCUT2D eigenvalue weighted by Gasteiger charge is 2.26. The third-order valence-corrected chi connectivity index (χ3v) is 6.06. The molecule has 3 heterocycles. The van der Waals surface area contributed by atoms with Gasteiger partial charge in [0.15, 0.2) is 0 Å². The fourth-order valence-electron chi connectivity index (χ4n) is 4.25. The van der Waals surface area contributed by atoms with Crippen molar-refractivity contribution in [1.29, 1.82) is 0 Å². The number of hydrogen-bond donors (Lipinski definition) is 2. The molecule has 2 N–H and O–H groups in total. The summed E-state index contributed by atoms with van der Waals surface area (Å²) in [6, 6.07) is 17.8. The summed E-state index contributed by atoms with van der Waals surface area (Å²) in [6.07, 6.45) is 4.39. The summed E-state index contributed by atoms with van der Waals surface area (Å²) >= 11 is 0. The lowest BCUT2D eigenvalue weighted by atomic mass is 9.98. The number of pyridine rings is 1. The van der Waals surface area contributed by atoms with Crippen LogP contribution in [0.2, 0.25) is 0 Å². The van der Waals surface area contributed by atoms with Crippen LogP contribution in [0.1, 0.15) is 28.0 Å². The van der Waals surface area contributed by atoms with E-state index in [9.17, 15) is 9.90 Å². The molecule has 1 aliphatic heterocycles. The Morgan fingerprint density at radius 2 is 2.00 bits per heavy atom. The number of carbonyl (C=O) groups excluding carboxylic acids is 1. The zero-order chi connectivity index (χ0) is 22.8. The Hall–Kier alpha value is -3.55. The zero-order valence-electron chi connectivity index (χ0n) is 18.4. The summed E-state index contributed by atoms with van der Waals surface area (Å²) in [5.41, 5.74) is 5.50. The highest BCUT2D eigenvalue weighted by atomic mass is 16.5. The lowest BCUT2D eigenvalue weighted by Crippen LogP contribution is -2.48. The minimum absolute atomic E-state index is 0.233. The number of carbonyl (C=O) groups is 1. The second-order valence-corrected chi connectivity index (χ2v) is 8.47. The van der Waals surface area contributed by atoms with Gasteiger partial charge in [-0.1, -0.05) is 42.5 Å². The van der Waals surface area contributed by atoms with Crippen LogP contribution in [0.3, 0.4) is 0 Å². The number of ether oxygens (including phenoxy) is 1. The summed E-state index contributed by atoms with van der Waals surface area (Å²) in [7, 11) is 1.91. The molecule has 0 unspecified atom stereocenters. The average molecular weight is 443 g/mol. The quantitative estimate of drug-likeness (QED) is 0.496. The number of aliphatic hydroxyl groups is 1. The lowest BCUT2D eigenvalue weighted by molar-refractivity contribution is -0.0261. The molecule has 0 radical (unpaired) electrons. The van der Waals surface area contributed by atoms with Crippen LogP contribution in [-0.2, 0) is 18.2 Å². The fraction of sp³-hybridized carbons (Fsp3) is 0.269. The maximum Gasteiger partial charge on any atom is 0.270 e. The summed E-state index contributed by atoms with van der Waals surface area (Å²) in [5, 5.41) is 18.3. The maximum atomic E-state index is 13.0. The fourth-order valence-corrected chi connectivity index (χ4v) is 4.25. The van der Waals surface area contributed by atoms with Crippen molar-refractivity contribution in [2.45, 2.75) is 25.0 Å². The molecule has 1 fully saturated rings. The number of nitrogens with zero attached hydrogens (tertiary/aromatic N) is 3. The topological polar surface area (TPSA) is 89.3 Å². The molecule has 168 valence electrons. The number of amides is 1. The first kappa shape index (κ1) is 21.3. The van der Waals surface area contributed by atoms with Crippen molar-refractivity contribution in [3.8, 4) is 11.1 Å². The van der Waals surface area contributed by atoms with E-state index in [2.05, 4.69) is 39.7 Å². The second kappa shape index (κ2) is 9.13. The lowest BCUT2D eigenvalue weighted by Gasteiger charge is -2.28. The highest BCUT2D eigenvalue weighted by molar-refractivity contribution is 5.96. The minimum Gasteiger partial charge on any atom is -0.389 e. The van der Waals surface area contributed by atoms with Crippen LogP contribution in [0.15, 0.2) is 67.0 Å². The Bertz CT molecular complexity index is 1280. The number of fused-ring (bicyclic) bond motifs is 1. The number of aryl methyl sites for hydroxylation is 1. The van der Waals surface area contributed by atoms with Gasteiger partial charge in [-0.2, -0.15) is 5.10 Å². The molecule has 33 heavy (non-hydrogen) atoms. The first-order chi connectivity index (χ1) is 16.1. The van der Waals surface area contributed by atoms with Crippen LogP contribution in [-0.4, -0.2) is 51.1 Å². The summed E-state index contributed by atoms with van der Waals surface area (Å²) in [5.74, 6) is -0.278. The number of para-hydroxylation sites is 1. The van der Waals surface area contributed by atoms with Gasteiger partial charge in [-0.25, -0.2) is 4.98 Å². The number of aliphatic hydroxyl groups excluding tert-OH is 1. The van der Waals surface area contributed by atoms with Crippen LogP contribution in [0.4, 0.5) is 0 Å². The standard InChI is InChI=1S/C26H26N4O3/c1-30-15-20(14-27-30)18-8-6-17(7-9-18)12-19-13-24(28-22-5-3-2-4-21(19)22)26(32)29-23-10-11-33-16-25(23)31/h2-9,13-15,23,25,31H,10-12,16H2,1H3,(H,29,32)/t23-,25-/m0/s1. The van der Waals surface area contributed by atoms with E-state index in [1.165, 1.54) is 0 Å². The monoisotopic (exact) mass is 442 g/mol. The van der Waals surface area contributed by atoms with Gasteiger partial charge in [-0.3, -0.25) is 9.48 Å². The first-order valence-electron chi connectivity index (χ1n) is 11.1. The molecule has 0 bridgehead atoms. The van der Waals surface area contributed by atoms with Gasteiger partial charge in [0.25, 0.3) is 5.91 Å². The summed E-state index contributed by atoms with van der Waals surface area (Å²) in [6.45, 7) is 0.754. The number of nitrogens with one attached hydrogen (secondary N) is 1. The molecule has 0 saturated carbocycles. The molecule has 1 aliphatic rings. The second-order valence-electron chi connectivity index (χ2n) is 8.47. The molecule has 7 heteroatoms. The van der Waals surface area contributed by atoms with Crippen LogP contribution < -0.4 is 5.32 Å². The Kier molecular flexibility index (Phi) is 5.90. The van der Waals surface area contributed by atoms with E-state index in [4.69, 9.17) is 4.74 Å². The van der Waals surface area contributed by atoms with Crippen molar-refractivity contribution in [2.24, 2.45) is 7.05 Å². The Labute approximate surface area is 192 Å². The minimum atomic E-state index is -0.707. The largest absolute Gasteiger partial charge is 0.389 e. The molecule has 1 amide bonds. The Morgan fingerprint density at radius 1 is 1.18 bits per heavy atom. The van der Waals surface area contributed by atoms with E-state index >= 15 is 0 Å². The number of benzene rings is 2. The van der Waals surface area contributed by atoms with Gasteiger partial charge in [0.05, 0.1) is 30.5 Å². The molecule has 0 aliphatic carbocycles. The molecule has 0 spiro atoms. The maximum absolute atomic E-state index is 13.0. The molecule has 5 rings (SSSR count). The van der Waals surface area contributed by atoms with Crippen LogP contribution in [0, 0.1) is 0 Å². The van der Waals surface area contributed by atoms with Crippen molar-refractivity contribution < 1.29 is 14.6 Å². The third-order valence-electron chi connectivity index (χ3n) is 6.06. The number of rotatable bonds is 5. The highest BCUT2D eigenvalue weighted by Crippen LogP contribution is 2.24. The normalized spacial score (nSPS) is 18.4. The molecule has 2 atom stereocenters. The Morgan fingerprint density at radius 3 is 2.76 bits per heavy atom. The first-order valence-corrected chi connectivity index (χ1v) is 11.1. The molecule has 1 saturated heterocycles. The van der Waals surface area contributed by atoms with Gasteiger partial charge < -0.3 is 15.2 Å². The van der Waals surface area contributed by atoms with Crippen LogP contribution >= 0.6 is 0 Å². The van der Waals surface area contributed by atoms with E-state index in [1.54, 1.807) is 4.68 Å². The molecular formula is C26H26N4O3. The average Bonchev–Trinajstić information content (AvgIpc) is 3.27. The van der Waals surface area contributed by atoms with Crippen LogP contribution in [0.25, 0.3) is 22.0 Å². The van der Waals surface area contributed by atoms with Gasteiger partial charge in [-0.05, 0) is 41.7 Å². The van der Waals surface area contributed by atoms with Crippen molar-refractivity contribution in [2.75, 3.05) is 13.2 Å². The SMILES string of the molecule is Cn1cc(-c2ccc(Cc3cc(C(=O)N[C@H]4CCOC[C@@H]4O)nc4ccccc34)cc2)cn1. The molecule has 7 nitrogen and oxygen atoms in total. The van der Waals surface area contributed by atoms with Crippen molar-refractivity contribution in [3.63, 3.8) is 0 Å². The number of aromatic nitrogens is 3. The van der Waals surface area contributed by atoms with Crippen molar-refractivity contribution in [1.82, 2.24) is 20.1 Å². The van der Waals surface area contributed by atoms with Gasteiger partial charge in [0, 0.05) is 30.8 Å². The molecule has 2 aromatic carbocycles. The van der Waals surface area contributed by atoms with Gasteiger partial charge in [0.2, 0.25) is 0 Å². The van der Waals surface area contributed by atoms with Gasteiger partial charge in [0.1, 0.15) is 5.69 Å². The molecule has 2 aromatic heterocycles. The Balaban J connectivity index is 1.42. The predicted molar refractivity (Wildman–Crippen MR) is 126 cm³/mol. The molecule has 4 aromatic rings. The van der Waals surface area contributed by atoms with E-state index in [1.807, 2.05) is 49.8 Å². The van der Waals surface area contributed by atoms with E-state index in [0.29, 0.717) is 25.1 Å². The zero-order valence-corrected chi connectivity index (χ0v) is 18.4. The van der Waals surface area contributed by atoms with Gasteiger partial charge >= 0.3 is 0 Å². The van der Waals surface area contributed by atoms with E-state index < -0.39 is 6.10 Å². The van der Waals surface area contributed by atoms with E-state index in [0.717, 1.165) is 33.2 Å². The number of hydrogen-bond acceptors (Lipinski definition) is 5. The van der Waals surface area contributed by atoms with Crippen LogP contribution in [0.5, 0.6) is 0 Å². The van der Waals surface area contributed by atoms with Crippen molar-refractivity contribution in [3.05, 3.63) is 83.8 Å². The summed E-state index contributed by atoms with van der Waals surface area (Å²) in [4.78, 5) is 17.6. The summed E-state index contributed by atoms with van der Waals surface area (Å²) < 4.78 is 7.05. The smallest absolute Gasteiger partial charge is 0.270 e. The predicted octanol–water partition coefficient (Wildman–Crippen LogP) is 3.11.